The van der Waals surface area contributed by atoms with E-state index < -0.39 is 35.5 Å². The zero-order valence-electron chi connectivity index (χ0n) is 20.5. The normalized spacial score (nSPS) is 18.2. The van der Waals surface area contributed by atoms with Crippen LogP contribution in [0.15, 0.2) is 48.5 Å². The zero-order chi connectivity index (χ0) is 25.4. The first kappa shape index (κ1) is 24.3. The van der Waals surface area contributed by atoms with Crippen LogP contribution in [0.4, 0.5) is 10.2 Å². The van der Waals surface area contributed by atoms with Gasteiger partial charge in [-0.3, -0.25) is 14.4 Å². The van der Waals surface area contributed by atoms with Crippen molar-refractivity contribution in [1.29, 1.82) is 0 Å². The van der Waals surface area contributed by atoms with E-state index in [1.54, 1.807) is 35.0 Å². The van der Waals surface area contributed by atoms with Crippen molar-refractivity contribution >= 4 is 23.5 Å². The van der Waals surface area contributed by atoms with Crippen LogP contribution in [-0.4, -0.2) is 33.5 Å². The SMILES string of the molecule is CCC(C)n1nc(C)c2c1N(C(C)=O)C(=O)[C@@H](NC(=O)c1cccc(C)c1)[C@H]2c1ccc(F)cc1. The minimum Gasteiger partial charge on any atom is -0.339 e. The molecule has 0 saturated heterocycles. The number of rotatable bonds is 5. The lowest BCUT2D eigenvalue weighted by Gasteiger charge is -2.38. The van der Waals surface area contributed by atoms with Gasteiger partial charge in [-0.25, -0.2) is 14.0 Å². The number of halogens is 1. The summed E-state index contributed by atoms with van der Waals surface area (Å²) in [6.07, 6.45) is 0.738. The van der Waals surface area contributed by atoms with E-state index in [1.165, 1.54) is 19.1 Å². The Kier molecular flexibility index (Phi) is 6.56. The van der Waals surface area contributed by atoms with Crippen LogP contribution in [0.25, 0.3) is 0 Å². The summed E-state index contributed by atoms with van der Waals surface area (Å²) in [5.41, 5.74) is 3.26. The fourth-order valence-electron chi connectivity index (χ4n) is 4.66. The van der Waals surface area contributed by atoms with Gasteiger partial charge in [-0.1, -0.05) is 36.8 Å². The number of hydrogen-bond donors (Lipinski definition) is 1. The number of benzene rings is 2. The van der Waals surface area contributed by atoms with Crippen molar-refractivity contribution < 1.29 is 18.8 Å². The van der Waals surface area contributed by atoms with Crippen LogP contribution in [0.3, 0.4) is 0 Å². The summed E-state index contributed by atoms with van der Waals surface area (Å²) in [6, 6.07) is 11.7. The maximum Gasteiger partial charge on any atom is 0.258 e. The molecule has 0 aliphatic carbocycles. The molecule has 0 fully saturated rings. The monoisotopic (exact) mass is 476 g/mol. The van der Waals surface area contributed by atoms with E-state index in [2.05, 4.69) is 5.32 Å². The summed E-state index contributed by atoms with van der Waals surface area (Å²) in [4.78, 5) is 41.0. The van der Waals surface area contributed by atoms with Crippen LogP contribution in [0.5, 0.6) is 0 Å². The van der Waals surface area contributed by atoms with Crippen LogP contribution in [0.2, 0.25) is 0 Å². The third kappa shape index (κ3) is 4.36. The van der Waals surface area contributed by atoms with Crippen LogP contribution in [0, 0.1) is 19.7 Å². The number of imide groups is 1. The topological polar surface area (TPSA) is 84.3 Å². The van der Waals surface area contributed by atoms with Gasteiger partial charge >= 0.3 is 0 Å². The van der Waals surface area contributed by atoms with Crippen LogP contribution >= 0.6 is 0 Å². The maximum atomic E-state index is 13.9. The molecule has 35 heavy (non-hydrogen) atoms. The molecule has 1 aliphatic heterocycles. The predicted molar refractivity (Wildman–Crippen MR) is 131 cm³/mol. The van der Waals surface area contributed by atoms with Crippen LogP contribution in [0.1, 0.15) is 71.9 Å². The molecule has 3 atom stereocenters. The average Bonchev–Trinajstić information content (AvgIpc) is 3.15. The molecule has 3 aromatic rings. The van der Waals surface area contributed by atoms with Crippen molar-refractivity contribution in [3.63, 3.8) is 0 Å². The molecule has 1 aromatic heterocycles. The van der Waals surface area contributed by atoms with Gasteiger partial charge < -0.3 is 5.32 Å². The highest BCUT2D eigenvalue weighted by molar-refractivity contribution is 6.18. The Balaban J connectivity index is 1.92. The quantitative estimate of drug-likeness (QED) is 0.590. The Morgan fingerprint density at radius 1 is 1.14 bits per heavy atom. The van der Waals surface area contributed by atoms with Gasteiger partial charge in [-0.2, -0.15) is 5.10 Å². The van der Waals surface area contributed by atoms with Crippen molar-refractivity contribution in [2.45, 2.75) is 59.0 Å². The number of carbonyl (C=O) groups excluding carboxylic acids is 3. The first-order valence-corrected chi connectivity index (χ1v) is 11.7. The number of aryl methyl sites for hydroxylation is 2. The molecule has 0 radical (unpaired) electrons. The Hall–Kier alpha value is -3.81. The van der Waals surface area contributed by atoms with Crippen molar-refractivity contribution in [2.75, 3.05) is 4.90 Å². The number of fused-ring (bicyclic) bond motifs is 1. The lowest BCUT2D eigenvalue weighted by Crippen LogP contribution is -2.57. The highest BCUT2D eigenvalue weighted by Gasteiger charge is 2.47. The number of aromatic nitrogens is 2. The fraction of sp³-hybridized carbons (Fsp3) is 0.333. The summed E-state index contributed by atoms with van der Waals surface area (Å²) in [5, 5.41) is 7.56. The van der Waals surface area contributed by atoms with Crippen molar-refractivity contribution in [3.05, 3.63) is 82.3 Å². The summed E-state index contributed by atoms with van der Waals surface area (Å²) in [7, 11) is 0. The van der Waals surface area contributed by atoms with Crippen LogP contribution in [-0.2, 0) is 9.59 Å². The van der Waals surface area contributed by atoms with Crippen molar-refractivity contribution in [1.82, 2.24) is 15.1 Å². The van der Waals surface area contributed by atoms with Gasteiger partial charge in [0.1, 0.15) is 17.7 Å². The van der Waals surface area contributed by atoms with E-state index in [0.717, 1.165) is 16.9 Å². The van der Waals surface area contributed by atoms with E-state index in [1.807, 2.05) is 33.8 Å². The maximum absolute atomic E-state index is 13.9. The summed E-state index contributed by atoms with van der Waals surface area (Å²) in [5.74, 6) is -2.10. The van der Waals surface area contributed by atoms with Gasteiger partial charge in [-0.05, 0) is 57.0 Å². The van der Waals surface area contributed by atoms with Crippen LogP contribution < -0.4 is 10.2 Å². The standard InChI is InChI=1S/C27H29FN4O3/c1-6-16(3)32-26-22(17(4)30-32)23(19-10-12-21(28)13-11-19)24(27(35)31(26)18(5)33)29-25(34)20-9-7-8-15(2)14-20/h7-14,16,23-24H,6H2,1-5H3,(H,29,34)/t16?,23-,24-/m0/s1. The van der Waals surface area contributed by atoms with E-state index in [-0.39, 0.29) is 6.04 Å². The predicted octanol–water partition coefficient (Wildman–Crippen LogP) is 4.43. The van der Waals surface area contributed by atoms with Crippen molar-refractivity contribution in [2.24, 2.45) is 0 Å². The molecular weight excluding hydrogens is 447 g/mol. The molecule has 1 aliphatic rings. The van der Waals surface area contributed by atoms with Gasteiger partial charge in [0.25, 0.3) is 11.8 Å². The average molecular weight is 477 g/mol. The van der Waals surface area contributed by atoms with Gasteiger partial charge in [0.05, 0.1) is 11.7 Å². The number of amides is 3. The Morgan fingerprint density at radius 2 is 1.83 bits per heavy atom. The van der Waals surface area contributed by atoms with E-state index in [9.17, 15) is 18.8 Å². The third-order valence-corrected chi connectivity index (χ3v) is 6.57. The second-order valence-electron chi connectivity index (χ2n) is 9.07. The largest absolute Gasteiger partial charge is 0.339 e. The number of nitrogens with zero attached hydrogens (tertiary/aromatic N) is 3. The molecule has 2 heterocycles. The lowest BCUT2D eigenvalue weighted by molar-refractivity contribution is -0.127. The van der Waals surface area contributed by atoms with E-state index in [0.29, 0.717) is 28.2 Å². The Bertz CT molecular complexity index is 1300. The molecule has 8 heteroatoms. The van der Waals surface area contributed by atoms with Crippen molar-refractivity contribution in [3.8, 4) is 0 Å². The smallest absolute Gasteiger partial charge is 0.258 e. The Labute approximate surface area is 203 Å². The minimum atomic E-state index is -1.09. The fourth-order valence-corrected chi connectivity index (χ4v) is 4.66. The number of nitrogens with one attached hydrogen (secondary N) is 1. The molecule has 182 valence electrons. The number of carbonyl (C=O) groups is 3. The number of hydrogen-bond acceptors (Lipinski definition) is 4. The molecule has 7 nitrogen and oxygen atoms in total. The highest BCUT2D eigenvalue weighted by Crippen LogP contribution is 2.43. The minimum absolute atomic E-state index is 0.0700. The van der Waals surface area contributed by atoms with E-state index >= 15 is 0 Å². The third-order valence-electron chi connectivity index (χ3n) is 6.57. The molecular formula is C27H29FN4O3. The zero-order valence-corrected chi connectivity index (χ0v) is 20.5. The van der Waals surface area contributed by atoms with Gasteiger partial charge in [0.15, 0.2) is 0 Å². The molecule has 1 unspecified atom stereocenters. The molecule has 2 aromatic carbocycles. The first-order chi connectivity index (χ1) is 16.6. The molecule has 0 saturated carbocycles. The lowest BCUT2D eigenvalue weighted by atomic mass is 9.81. The Morgan fingerprint density at radius 3 is 2.43 bits per heavy atom. The molecule has 0 bridgehead atoms. The molecule has 1 N–H and O–H groups in total. The summed E-state index contributed by atoms with van der Waals surface area (Å²) in [6.45, 7) is 8.98. The van der Waals surface area contributed by atoms with Gasteiger partial charge in [0, 0.05) is 24.0 Å². The van der Waals surface area contributed by atoms with Gasteiger partial charge in [0.2, 0.25) is 5.91 Å². The summed E-state index contributed by atoms with van der Waals surface area (Å²) >= 11 is 0. The van der Waals surface area contributed by atoms with Gasteiger partial charge in [-0.15, -0.1) is 0 Å². The van der Waals surface area contributed by atoms with E-state index in [4.69, 9.17) is 5.10 Å². The molecule has 0 spiro atoms. The highest BCUT2D eigenvalue weighted by atomic mass is 19.1. The summed E-state index contributed by atoms with van der Waals surface area (Å²) < 4.78 is 15.5. The molecule has 3 amide bonds. The molecule has 4 rings (SSSR count). The number of anilines is 1. The first-order valence-electron chi connectivity index (χ1n) is 11.7. The second kappa shape index (κ2) is 9.44. The second-order valence-corrected chi connectivity index (χ2v) is 9.07.